The van der Waals surface area contributed by atoms with Crippen LogP contribution in [0.4, 0.5) is 10.0 Å². The first-order chi connectivity index (χ1) is 38.1. The third-order valence-electron chi connectivity index (χ3n) is 20.3. The van der Waals surface area contributed by atoms with Crippen molar-refractivity contribution in [3.8, 4) is 15.5 Å². The lowest BCUT2D eigenvalue weighted by molar-refractivity contribution is -0.183. The van der Waals surface area contributed by atoms with E-state index < -0.39 is 17.5 Å². The Balaban J connectivity index is 0.800. The number of Topliss-reactive ketones (excluding diaryl/α,β-unsaturated/α-hetero) is 4. The van der Waals surface area contributed by atoms with E-state index in [9.17, 15) is 19.2 Å². The Labute approximate surface area is 468 Å². The van der Waals surface area contributed by atoms with Crippen LogP contribution >= 0.6 is 45.3 Å². The Morgan fingerprint density at radius 1 is 0.487 bits per heavy atom. The van der Waals surface area contributed by atoms with Crippen LogP contribution in [0.5, 0.6) is 5.75 Å². The zero-order valence-electron chi connectivity index (χ0n) is 43.3. The first-order valence-electron chi connectivity index (χ1n) is 28.6. The highest BCUT2D eigenvalue weighted by molar-refractivity contribution is 7.36. The minimum atomic E-state index is -2.48. The maximum absolute atomic E-state index is 15.4. The van der Waals surface area contributed by atoms with Gasteiger partial charge < -0.3 is 14.2 Å². The molecule has 400 valence electrons. The number of ether oxygens (including phenoxy) is 3. The van der Waals surface area contributed by atoms with E-state index in [1.165, 1.54) is 110 Å². The summed E-state index contributed by atoms with van der Waals surface area (Å²) in [7, 11) is 0. The first kappa shape index (κ1) is 49.6. The maximum atomic E-state index is 15.4. The fourth-order valence-corrected chi connectivity index (χ4v) is 21.7. The van der Waals surface area contributed by atoms with Gasteiger partial charge in [-0.1, -0.05) is 112 Å². The van der Waals surface area contributed by atoms with Gasteiger partial charge in [0, 0.05) is 28.4 Å². The van der Waals surface area contributed by atoms with Gasteiger partial charge in [-0.15, -0.1) is 45.3 Å². The summed E-state index contributed by atoms with van der Waals surface area (Å²) in [5, 5.41) is 0.899. The predicted molar refractivity (Wildman–Crippen MR) is 303 cm³/mol. The zero-order valence-corrected chi connectivity index (χ0v) is 46.6. The Hall–Kier alpha value is -5.48. The third-order valence-corrected chi connectivity index (χ3v) is 25.0. The summed E-state index contributed by atoms with van der Waals surface area (Å²) >= 11 is 5.28. The SMILES string of the molecule is O=C1C(=Nc2cc3sc4c(c3s2)OC(C(=O)OCc2ccccc2)(C(=O)OCc2ccccc2)c2c-4sc3cc(N=C4C(=O)C5CC6CC7CCCCC7CC6CC5C4=O)sc23)C(=O)C2CC3CC4CCCCC4CC3CC12. The Bertz CT molecular complexity index is 3410. The van der Waals surface area contributed by atoms with E-state index in [1.54, 1.807) is 0 Å². The number of hydrogen-bond acceptors (Lipinski definition) is 15. The van der Waals surface area contributed by atoms with Gasteiger partial charge in [-0.05, 0) is 122 Å². The van der Waals surface area contributed by atoms with Gasteiger partial charge in [-0.3, -0.25) is 19.2 Å². The molecule has 9 aliphatic rings. The van der Waals surface area contributed by atoms with Crippen LogP contribution in [-0.4, -0.2) is 46.5 Å². The number of thiophene rings is 4. The number of fused-ring (bicyclic) bond motifs is 13. The fourth-order valence-electron chi connectivity index (χ4n) is 16.6. The molecule has 8 fully saturated rings. The minimum Gasteiger partial charge on any atom is -0.457 e. The number of ketones is 4. The number of rotatable bonds is 8. The normalized spacial score (nSPS) is 31.5. The van der Waals surface area contributed by atoms with Crippen molar-refractivity contribution < 1.29 is 43.0 Å². The van der Waals surface area contributed by atoms with Crippen molar-refractivity contribution in [2.75, 3.05) is 0 Å². The second-order valence-corrected chi connectivity index (χ2v) is 28.5. The van der Waals surface area contributed by atoms with Crippen LogP contribution in [0.1, 0.15) is 119 Å². The van der Waals surface area contributed by atoms with Gasteiger partial charge in [-0.25, -0.2) is 19.6 Å². The maximum Gasteiger partial charge on any atom is 0.367 e. The molecule has 0 bridgehead atoms. The molecule has 0 radical (unpaired) electrons. The molecule has 0 amide bonds. The molecular weight excluding hydrogens is 1060 g/mol. The summed E-state index contributed by atoms with van der Waals surface area (Å²) in [6.07, 6.45) is 18.0. The van der Waals surface area contributed by atoms with E-state index in [0.717, 1.165) is 66.9 Å². The van der Waals surface area contributed by atoms with Gasteiger partial charge in [-0.2, -0.15) is 0 Å². The number of carbonyl (C=O) groups excluding carboxylic acids is 6. The Kier molecular flexibility index (Phi) is 12.3. The quantitative estimate of drug-likeness (QED) is 0.107. The van der Waals surface area contributed by atoms with Crippen molar-refractivity contribution in [2.45, 2.75) is 122 Å². The fraction of sp³-hybridized carbons (Fsp3) is 0.492. The summed E-state index contributed by atoms with van der Waals surface area (Å²) in [5.41, 5.74) is -0.764. The van der Waals surface area contributed by atoms with E-state index in [2.05, 4.69) is 0 Å². The monoisotopic (exact) mass is 1120 g/mol. The second-order valence-electron chi connectivity index (χ2n) is 24.4. The first-order valence-corrected chi connectivity index (χ1v) is 31.9. The average Bonchev–Trinajstić information content (AvgIpc) is 4.04. The largest absolute Gasteiger partial charge is 0.457 e. The Morgan fingerprint density at radius 2 is 0.872 bits per heavy atom. The molecule has 4 aromatic heterocycles. The van der Waals surface area contributed by atoms with Crippen LogP contribution in [0, 0.1) is 71.0 Å². The Morgan fingerprint density at radius 3 is 1.29 bits per heavy atom. The highest BCUT2D eigenvalue weighted by Gasteiger charge is 2.61. The van der Waals surface area contributed by atoms with E-state index in [4.69, 9.17) is 24.2 Å². The van der Waals surface area contributed by atoms with Gasteiger partial charge in [0.05, 0.1) is 29.4 Å². The number of nitrogens with zero attached hydrogens (tertiary/aromatic N) is 2. The molecule has 8 aliphatic carbocycles. The van der Waals surface area contributed by atoms with Crippen molar-refractivity contribution in [3.63, 3.8) is 0 Å². The standard InChI is InChI=1S/C63H60N2O9S4/c66-52-41-23-37-19-33-15-7-8-16-34(33)20-38(37)24-42(41)53(67)50(52)64-47-27-45-57(77-47)49-59(75-45)60-56(74-63(49,61(70)72-29-31-11-3-1-4-12-31)62(71)73-30-32-13-5-2-6-14-32)58-46(76-60)28-48(78-58)65-51-54(68)43-25-39-21-35-17-9-10-18-36(35)22-40(39)26-44(43)55(51)69/h1-6,11-14,27-28,33-44H,7-10,15-26,29-30H2. The molecule has 11 nitrogen and oxygen atoms in total. The molecule has 1 aliphatic heterocycles. The molecule has 2 aromatic carbocycles. The predicted octanol–water partition coefficient (Wildman–Crippen LogP) is 14.1. The van der Waals surface area contributed by atoms with Crippen molar-refractivity contribution in [3.05, 3.63) is 89.5 Å². The van der Waals surface area contributed by atoms with E-state index in [1.807, 2.05) is 72.8 Å². The number of hydrogen-bond donors (Lipinski definition) is 0. The summed E-state index contributed by atoms with van der Waals surface area (Å²) in [5.74, 6) is 1.23. The van der Waals surface area contributed by atoms with Crippen LogP contribution < -0.4 is 4.74 Å². The minimum absolute atomic E-state index is 0.00582. The summed E-state index contributed by atoms with van der Waals surface area (Å²) in [4.78, 5) is 99.0. The highest BCUT2D eigenvalue weighted by atomic mass is 32.1. The molecule has 5 heterocycles. The van der Waals surface area contributed by atoms with Crippen LogP contribution in [0.3, 0.4) is 0 Å². The molecule has 15 heteroatoms. The van der Waals surface area contributed by atoms with E-state index >= 15 is 9.59 Å². The molecule has 12 unspecified atom stereocenters. The van der Waals surface area contributed by atoms with Gasteiger partial charge in [0.2, 0.25) is 0 Å². The smallest absolute Gasteiger partial charge is 0.367 e. The van der Waals surface area contributed by atoms with E-state index in [0.29, 0.717) is 68.7 Å². The summed E-state index contributed by atoms with van der Waals surface area (Å²) < 4.78 is 22.0. The molecular formula is C63H60N2O9S4. The van der Waals surface area contributed by atoms with Gasteiger partial charge in [0.1, 0.15) is 23.2 Å². The third kappa shape index (κ3) is 8.07. The lowest BCUT2D eigenvalue weighted by Crippen LogP contribution is -2.52. The molecule has 12 atom stereocenters. The van der Waals surface area contributed by atoms with Crippen LogP contribution in [0.25, 0.3) is 28.6 Å². The number of esters is 2. The van der Waals surface area contributed by atoms with E-state index in [-0.39, 0.29) is 82.8 Å². The van der Waals surface area contributed by atoms with Gasteiger partial charge in [0.25, 0.3) is 0 Å². The van der Waals surface area contributed by atoms with Crippen molar-refractivity contribution in [1.29, 1.82) is 0 Å². The average molecular weight is 1120 g/mol. The van der Waals surface area contributed by atoms with Crippen LogP contribution in [0.2, 0.25) is 0 Å². The van der Waals surface area contributed by atoms with Crippen molar-refractivity contribution >= 4 is 121 Å². The zero-order chi connectivity index (χ0) is 52.6. The molecule has 15 rings (SSSR count). The van der Waals surface area contributed by atoms with Crippen molar-refractivity contribution in [1.82, 2.24) is 0 Å². The molecule has 0 saturated heterocycles. The molecule has 78 heavy (non-hydrogen) atoms. The van der Waals surface area contributed by atoms with Gasteiger partial charge >= 0.3 is 17.5 Å². The number of carbonyl (C=O) groups is 6. The molecule has 0 N–H and O–H groups in total. The summed E-state index contributed by atoms with van der Waals surface area (Å²) in [6, 6.07) is 22.2. The summed E-state index contributed by atoms with van der Waals surface area (Å²) in [6.45, 7) is -0.310. The lowest BCUT2D eigenvalue weighted by Gasteiger charge is -2.48. The number of aliphatic imine (C=N–C) groups is 2. The van der Waals surface area contributed by atoms with Gasteiger partial charge in [0.15, 0.2) is 40.3 Å². The topological polar surface area (TPSA) is 155 Å². The van der Waals surface area contributed by atoms with Crippen LogP contribution in [-0.2, 0) is 57.1 Å². The second kappa shape index (κ2) is 19.4. The molecule has 0 spiro atoms. The number of benzene rings is 2. The molecule has 6 aromatic rings. The lowest BCUT2D eigenvalue weighted by atomic mass is 9.57. The van der Waals surface area contributed by atoms with Crippen LogP contribution in [0.15, 0.2) is 82.8 Å². The highest BCUT2D eigenvalue weighted by Crippen LogP contribution is 2.63. The van der Waals surface area contributed by atoms with Crippen molar-refractivity contribution in [2.24, 2.45) is 81.0 Å². The molecule has 8 saturated carbocycles.